The number of carbonyl (C=O) groups excluding carboxylic acids is 2. The third kappa shape index (κ3) is 3.68. The molecular formula is C22H19BrN2O4S. The molecule has 1 unspecified atom stereocenters. The number of hydrogen-bond acceptors (Lipinski definition) is 5. The Balaban J connectivity index is 1.81. The Hall–Kier alpha value is -2.84. The molecule has 1 aromatic heterocycles. The molecule has 1 aliphatic rings. The standard InChI is InChI=1S/C22H19BrN2O4S/c1-28-17-7-8-19(29-2)18(11-17)24-12-20(26)25(16-5-3-15(23)4-6-16)21(22(24)27)14-9-10-30-13-14/h3-11,13,21H,12H2,1-2H3. The van der Waals surface area contributed by atoms with Gasteiger partial charge in [-0.1, -0.05) is 15.9 Å². The van der Waals surface area contributed by atoms with E-state index in [4.69, 9.17) is 9.47 Å². The van der Waals surface area contributed by atoms with Crippen LogP contribution in [-0.4, -0.2) is 32.6 Å². The summed E-state index contributed by atoms with van der Waals surface area (Å²) in [5.41, 5.74) is 1.95. The highest BCUT2D eigenvalue weighted by Crippen LogP contribution is 2.39. The number of ether oxygens (including phenoxy) is 2. The van der Waals surface area contributed by atoms with Gasteiger partial charge >= 0.3 is 0 Å². The van der Waals surface area contributed by atoms with Crippen LogP contribution < -0.4 is 19.3 Å². The van der Waals surface area contributed by atoms with E-state index in [9.17, 15) is 9.59 Å². The molecule has 0 saturated carbocycles. The molecule has 3 aromatic rings. The quantitative estimate of drug-likeness (QED) is 0.526. The monoisotopic (exact) mass is 486 g/mol. The van der Waals surface area contributed by atoms with Crippen LogP contribution in [0.4, 0.5) is 11.4 Å². The maximum Gasteiger partial charge on any atom is 0.255 e. The highest BCUT2D eigenvalue weighted by molar-refractivity contribution is 9.10. The summed E-state index contributed by atoms with van der Waals surface area (Å²) in [5, 5.41) is 3.80. The summed E-state index contributed by atoms with van der Waals surface area (Å²) < 4.78 is 11.7. The first-order valence-corrected chi connectivity index (χ1v) is 10.9. The van der Waals surface area contributed by atoms with Crippen molar-refractivity contribution in [3.63, 3.8) is 0 Å². The molecule has 6 nitrogen and oxygen atoms in total. The zero-order chi connectivity index (χ0) is 21.3. The second-order valence-electron chi connectivity index (χ2n) is 6.66. The van der Waals surface area contributed by atoms with Gasteiger partial charge in [0.15, 0.2) is 0 Å². The lowest BCUT2D eigenvalue weighted by molar-refractivity contribution is -0.128. The van der Waals surface area contributed by atoms with Gasteiger partial charge in [0.2, 0.25) is 5.91 Å². The summed E-state index contributed by atoms with van der Waals surface area (Å²) in [6.45, 7) is -0.0982. The van der Waals surface area contributed by atoms with Crippen LogP contribution in [-0.2, 0) is 9.59 Å². The zero-order valence-corrected chi connectivity index (χ0v) is 18.8. The van der Waals surface area contributed by atoms with E-state index in [-0.39, 0.29) is 18.4 Å². The Morgan fingerprint density at radius 3 is 2.43 bits per heavy atom. The van der Waals surface area contributed by atoms with Gasteiger partial charge < -0.3 is 9.47 Å². The van der Waals surface area contributed by atoms with E-state index in [1.165, 1.54) is 23.3 Å². The van der Waals surface area contributed by atoms with E-state index in [1.54, 1.807) is 30.2 Å². The van der Waals surface area contributed by atoms with Crippen molar-refractivity contribution >= 4 is 50.5 Å². The van der Waals surface area contributed by atoms with Crippen LogP contribution in [0.2, 0.25) is 0 Å². The number of halogens is 1. The Kier molecular flexibility index (Phi) is 5.78. The number of benzene rings is 2. The number of amides is 2. The van der Waals surface area contributed by atoms with E-state index >= 15 is 0 Å². The molecule has 2 aromatic carbocycles. The molecule has 0 bridgehead atoms. The fraction of sp³-hybridized carbons (Fsp3) is 0.182. The average Bonchev–Trinajstić information content (AvgIpc) is 3.29. The highest BCUT2D eigenvalue weighted by Gasteiger charge is 2.42. The maximum atomic E-state index is 13.7. The van der Waals surface area contributed by atoms with Crippen molar-refractivity contribution in [1.29, 1.82) is 0 Å². The molecule has 2 amide bonds. The van der Waals surface area contributed by atoms with Crippen LogP contribution >= 0.6 is 27.3 Å². The summed E-state index contributed by atoms with van der Waals surface area (Å²) in [5.74, 6) is 0.687. The molecule has 1 aliphatic heterocycles. The fourth-order valence-electron chi connectivity index (χ4n) is 3.52. The molecule has 154 valence electrons. The van der Waals surface area contributed by atoms with Gasteiger partial charge in [-0.3, -0.25) is 19.4 Å². The number of anilines is 2. The molecule has 1 saturated heterocycles. The number of hydrogen-bond donors (Lipinski definition) is 0. The van der Waals surface area contributed by atoms with Crippen molar-refractivity contribution in [1.82, 2.24) is 0 Å². The number of nitrogens with zero attached hydrogens (tertiary/aromatic N) is 2. The van der Waals surface area contributed by atoms with E-state index in [0.717, 1.165) is 10.0 Å². The predicted molar refractivity (Wildman–Crippen MR) is 121 cm³/mol. The van der Waals surface area contributed by atoms with Crippen LogP contribution in [0.1, 0.15) is 11.6 Å². The largest absolute Gasteiger partial charge is 0.497 e. The van der Waals surface area contributed by atoms with Crippen molar-refractivity contribution < 1.29 is 19.1 Å². The SMILES string of the molecule is COc1ccc(OC)c(N2CC(=O)N(c3ccc(Br)cc3)C(c3ccsc3)C2=O)c1. The smallest absolute Gasteiger partial charge is 0.255 e. The van der Waals surface area contributed by atoms with Gasteiger partial charge in [-0.05, 0) is 58.8 Å². The first-order valence-electron chi connectivity index (χ1n) is 9.16. The van der Waals surface area contributed by atoms with Crippen LogP contribution in [0.15, 0.2) is 63.8 Å². The van der Waals surface area contributed by atoms with Crippen molar-refractivity contribution in [3.05, 3.63) is 69.3 Å². The topological polar surface area (TPSA) is 59.1 Å². The normalized spacial score (nSPS) is 16.7. The van der Waals surface area contributed by atoms with Gasteiger partial charge in [0.05, 0.1) is 19.9 Å². The van der Waals surface area contributed by atoms with Gasteiger partial charge in [-0.25, -0.2) is 0 Å². The van der Waals surface area contributed by atoms with Gasteiger partial charge in [0, 0.05) is 16.2 Å². The molecular weight excluding hydrogens is 468 g/mol. The Labute approximate surface area is 186 Å². The second kappa shape index (κ2) is 8.49. The van der Waals surface area contributed by atoms with Crippen molar-refractivity contribution in [2.24, 2.45) is 0 Å². The molecule has 1 atom stereocenters. The molecule has 0 N–H and O–H groups in total. The van der Waals surface area contributed by atoms with Gasteiger partial charge in [-0.2, -0.15) is 11.3 Å². The van der Waals surface area contributed by atoms with E-state index in [2.05, 4.69) is 15.9 Å². The Bertz CT molecular complexity index is 1070. The molecule has 0 aliphatic carbocycles. The number of methoxy groups -OCH3 is 2. The first kappa shape index (κ1) is 20.4. The number of rotatable bonds is 5. The van der Waals surface area contributed by atoms with Crippen LogP contribution in [0, 0.1) is 0 Å². The number of thiophene rings is 1. The third-order valence-corrected chi connectivity index (χ3v) is 6.19. The molecule has 0 radical (unpaired) electrons. The van der Waals surface area contributed by atoms with Gasteiger partial charge in [-0.15, -0.1) is 0 Å². The van der Waals surface area contributed by atoms with Gasteiger partial charge in [0.25, 0.3) is 5.91 Å². The second-order valence-corrected chi connectivity index (χ2v) is 8.36. The van der Waals surface area contributed by atoms with Crippen LogP contribution in [0.25, 0.3) is 0 Å². The van der Waals surface area contributed by atoms with Crippen molar-refractivity contribution in [3.8, 4) is 11.5 Å². The van der Waals surface area contributed by atoms with Crippen molar-refractivity contribution in [2.75, 3.05) is 30.6 Å². The van der Waals surface area contributed by atoms with Crippen LogP contribution in [0.5, 0.6) is 11.5 Å². The molecule has 0 spiro atoms. The molecule has 8 heteroatoms. The maximum absolute atomic E-state index is 13.7. The van der Waals surface area contributed by atoms with Gasteiger partial charge in [0.1, 0.15) is 24.1 Å². The Morgan fingerprint density at radius 1 is 1.03 bits per heavy atom. The summed E-state index contributed by atoms with van der Waals surface area (Å²) in [4.78, 5) is 30.1. The molecule has 4 rings (SSSR count). The third-order valence-electron chi connectivity index (χ3n) is 4.96. The summed E-state index contributed by atoms with van der Waals surface area (Å²) in [6, 6.07) is 13.7. The lowest BCUT2D eigenvalue weighted by Crippen LogP contribution is -2.56. The zero-order valence-electron chi connectivity index (χ0n) is 16.4. The fourth-order valence-corrected chi connectivity index (χ4v) is 4.46. The average molecular weight is 487 g/mol. The van der Waals surface area contributed by atoms with E-state index in [1.807, 2.05) is 41.1 Å². The lowest BCUT2D eigenvalue weighted by Gasteiger charge is -2.40. The minimum absolute atomic E-state index is 0.0982. The first-order chi connectivity index (χ1) is 14.5. The molecule has 2 heterocycles. The predicted octanol–water partition coefficient (Wildman–Crippen LogP) is 4.65. The Morgan fingerprint density at radius 2 is 1.80 bits per heavy atom. The van der Waals surface area contributed by atoms with Crippen LogP contribution in [0.3, 0.4) is 0 Å². The summed E-state index contributed by atoms with van der Waals surface area (Å²) in [6.07, 6.45) is 0. The number of carbonyl (C=O) groups is 2. The minimum Gasteiger partial charge on any atom is -0.497 e. The lowest BCUT2D eigenvalue weighted by atomic mass is 10.0. The van der Waals surface area contributed by atoms with E-state index < -0.39 is 6.04 Å². The van der Waals surface area contributed by atoms with Crippen molar-refractivity contribution in [2.45, 2.75) is 6.04 Å². The summed E-state index contributed by atoms with van der Waals surface area (Å²) >= 11 is 4.90. The number of piperazine rings is 1. The van der Waals surface area contributed by atoms with E-state index in [0.29, 0.717) is 22.9 Å². The minimum atomic E-state index is -0.769. The summed E-state index contributed by atoms with van der Waals surface area (Å²) in [7, 11) is 3.09. The molecule has 30 heavy (non-hydrogen) atoms. The molecule has 1 fully saturated rings. The highest BCUT2D eigenvalue weighted by atomic mass is 79.9.